The van der Waals surface area contributed by atoms with Crippen molar-refractivity contribution in [3.8, 4) is 0 Å². The van der Waals surface area contributed by atoms with E-state index in [9.17, 15) is 4.39 Å². The number of hydrogen-bond donors (Lipinski definition) is 1. The lowest BCUT2D eigenvalue weighted by Crippen LogP contribution is -2.11. The van der Waals surface area contributed by atoms with E-state index in [1.54, 1.807) is 17.4 Å². The third kappa shape index (κ3) is 3.14. The highest BCUT2D eigenvalue weighted by atomic mass is 32.1. The van der Waals surface area contributed by atoms with Crippen LogP contribution in [0.15, 0.2) is 48.5 Å². The van der Waals surface area contributed by atoms with Gasteiger partial charge in [-0.25, -0.2) is 4.39 Å². The molecule has 0 aliphatic carbocycles. The molecule has 1 atom stereocenters. The van der Waals surface area contributed by atoms with Gasteiger partial charge in [0.1, 0.15) is 5.82 Å². The SMILES string of the molecule is CCc1ccc(CC(N)c2cc3cc(F)ccc3s2)cc1. The number of rotatable bonds is 4. The molecule has 0 aliphatic heterocycles. The van der Waals surface area contributed by atoms with Crippen LogP contribution in [-0.2, 0) is 12.8 Å². The summed E-state index contributed by atoms with van der Waals surface area (Å²) in [5, 5.41) is 0.937. The molecule has 21 heavy (non-hydrogen) atoms. The topological polar surface area (TPSA) is 26.0 Å². The number of thiophene rings is 1. The first-order chi connectivity index (χ1) is 10.2. The molecule has 3 heteroatoms. The Labute approximate surface area is 128 Å². The van der Waals surface area contributed by atoms with Crippen LogP contribution >= 0.6 is 11.3 Å². The van der Waals surface area contributed by atoms with Gasteiger partial charge in [0, 0.05) is 15.6 Å². The summed E-state index contributed by atoms with van der Waals surface area (Å²) < 4.78 is 14.3. The maximum absolute atomic E-state index is 13.2. The van der Waals surface area contributed by atoms with E-state index in [-0.39, 0.29) is 11.9 Å². The van der Waals surface area contributed by atoms with Gasteiger partial charge in [0.15, 0.2) is 0 Å². The molecule has 0 saturated carbocycles. The summed E-state index contributed by atoms with van der Waals surface area (Å²) in [6.07, 6.45) is 1.85. The van der Waals surface area contributed by atoms with Crippen LogP contribution in [0.25, 0.3) is 10.1 Å². The lowest BCUT2D eigenvalue weighted by molar-refractivity contribution is 0.630. The van der Waals surface area contributed by atoms with Crippen LogP contribution < -0.4 is 5.73 Å². The molecule has 0 spiro atoms. The second-order valence-electron chi connectivity index (χ2n) is 5.31. The largest absolute Gasteiger partial charge is 0.323 e. The average molecular weight is 299 g/mol. The quantitative estimate of drug-likeness (QED) is 0.732. The standard InChI is InChI=1S/C18H18FNS/c1-2-12-3-5-13(6-4-12)9-16(20)18-11-14-10-15(19)7-8-17(14)21-18/h3-8,10-11,16H,2,9,20H2,1H3. The predicted octanol–water partition coefficient (Wildman–Crippen LogP) is 4.85. The monoisotopic (exact) mass is 299 g/mol. The van der Waals surface area contributed by atoms with Crippen molar-refractivity contribution in [2.24, 2.45) is 5.73 Å². The summed E-state index contributed by atoms with van der Waals surface area (Å²) in [6.45, 7) is 2.15. The number of aryl methyl sites for hydroxylation is 1. The first-order valence-corrected chi connectivity index (χ1v) is 7.99. The van der Waals surface area contributed by atoms with Gasteiger partial charge in [-0.2, -0.15) is 0 Å². The van der Waals surface area contributed by atoms with Crippen molar-refractivity contribution >= 4 is 21.4 Å². The Bertz CT molecular complexity index is 746. The fourth-order valence-corrected chi connectivity index (χ4v) is 3.53. The molecule has 1 unspecified atom stereocenters. The fourth-order valence-electron chi connectivity index (χ4n) is 2.48. The van der Waals surface area contributed by atoms with Crippen molar-refractivity contribution in [3.05, 3.63) is 70.4 Å². The minimum absolute atomic E-state index is 0.0436. The molecule has 1 nitrogen and oxygen atoms in total. The van der Waals surface area contributed by atoms with Crippen LogP contribution in [0.4, 0.5) is 4.39 Å². The van der Waals surface area contributed by atoms with Gasteiger partial charge in [-0.1, -0.05) is 31.2 Å². The van der Waals surface area contributed by atoms with Crippen molar-refractivity contribution in [2.75, 3.05) is 0 Å². The van der Waals surface area contributed by atoms with Crippen molar-refractivity contribution in [1.82, 2.24) is 0 Å². The van der Waals surface area contributed by atoms with E-state index in [1.807, 2.05) is 12.1 Å². The van der Waals surface area contributed by atoms with E-state index in [0.29, 0.717) is 0 Å². The molecule has 2 aromatic carbocycles. The minimum atomic E-state index is -0.199. The smallest absolute Gasteiger partial charge is 0.123 e. The van der Waals surface area contributed by atoms with E-state index in [1.165, 1.54) is 17.2 Å². The van der Waals surface area contributed by atoms with Crippen molar-refractivity contribution in [3.63, 3.8) is 0 Å². The normalized spacial score (nSPS) is 12.7. The van der Waals surface area contributed by atoms with Gasteiger partial charge in [-0.3, -0.25) is 0 Å². The van der Waals surface area contributed by atoms with Gasteiger partial charge < -0.3 is 5.73 Å². The number of benzene rings is 2. The zero-order chi connectivity index (χ0) is 14.8. The molecule has 0 amide bonds. The summed E-state index contributed by atoms with van der Waals surface area (Å²) in [5.41, 5.74) is 8.89. The summed E-state index contributed by atoms with van der Waals surface area (Å²) in [6, 6.07) is 15.5. The molecule has 0 radical (unpaired) electrons. The lowest BCUT2D eigenvalue weighted by atomic mass is 10.0. The van der Waals surface area contributed by atoms with Crippen LogP contribution in [0.1, 0.15) is 29.0 Å². The van der Waals surface area contributed by atoms with Gasteiger partial charge in [-0.15, -0.1) is 11.3 Å². The van der Waals surface area contributed by atoms with E-state index < -0.39 is 0 Å². The van der Waals surface area contributed by atoms with E-state index >= 15 is 0 Å². The van der Waals surface area contributed by atoms with Gasteiger partial charge >= 0.3 is 0 Å². The molecule has 1 aromatic heterocycles. The zero-order valence-electron chi connectivity index (χ0n) is 12.0. The fraction of sp³-hybridized carbons (Fsp3) is 0.222. The third-order valence-corrected chi connectivity index (χ3v) is 5.00. The maximum atomic E-state index is 13.2. The number of halogens is 1. The molecule has 1 heterocycles. The number of nitrogens with two attached hydrogens (primary N) is 1. The molecule has 0 aliphatic rings. The number of fused-ring (bicyclic) bond motifs is 1. The van der Waals surface area contributed by atoms with E-state index in [4.69, 9.17) is 5.73 Å². The van der Waals surface area contributed by atoms with Crippen LogP contribution in [0.2, 0.25) is 0 Å². The molecular formula is C18H18FNS. The molecular weight excluding hydrogens is 281 g/mol. The van der Waals surface area contributed by atoms with Gasteiger partial charge in [0.25, 0.3) is 0 Å². The highest BCUT2D eigenvalue weighted by molar-refractivity contribution is 7.19. The Morgan fingerprint density at radius 3 is 2.48 bits per heavy atom. The van der Waals surface area contributed by atoms with E-state index in [0.717, 1.165) is 27.8 Å². The third-order valence-electron chi connectivity index (χ3n) is 3.75. The van der Waals surface area contributed by atoms with Gasteiger partial charge in [-0.05, 0) is 53.6 Å². The maximum Gasteiger partial charge on any atom is 0.123 e. The van der Waals surface area contributed by atoms with Crippen LogP contribution in [0.5, 0.6) is 0 Å². The van der Waals surface area contributed by atoms with Gasteiger partial charge in [0.2, 0.25) is 0 Å². The van der Waals surface area contributed by atoms with Gasteiger partial charge in [0.05, 0.1) is 0 Å². The minimum Gasteiger partial charge on any atom is -0.323 e. The lowest BCUT2D eigenvalue weighted by Gasteiger charge is -2.10. The summed E-state index contributed by atoms with van der Waals surface area (Å²) >= 11 is 1.65. The second kappa shape index (κ2) is 5.96. The summed E-state index contributed by atoms with van der Waals surface area (Å²) in [5.74, 6) is -0.199. The van der Waals surface area contributed by atoms with E-state index in [2.05, 4.69) is 31.2 Å². The first-order valence-electron chi connectivity index (χ1n) is 7.18. The van der Waals surface area contributed by atoms with Crippen LogP contribution in [0.3, 0.4) is 0 Å². The Kier molecular flexibility index (Phi) is 4.04. The Balaban J connectivity index is 1.80. The highest BCUT2D eigenvalue weighted by Crippen LogP contribution is 2.31. The zero-order valence-corrected chi connectivity index (χ0v) is 12.8. The molecule has 0 fully saturated rings. The van der Waals surface area contributed by atoms with Crippen LogP contribution in [-0.4, -0.2) is 0 Å². The highest BCUT2D eigenvalue weighted by Gasteiger charge is 2.11. The molecule has 0 saturated heterocycles. The first kappa shape index (κ1) is 14.2. The van der Waals surface area contributed by atoms with Crippen molar-refractivity contribution in [1.29, 1.82) is 0 Å². The average Bonchev–Trinajstić information content (AvgIpc) is 2.91. The Morgan fingerprint density at radius 2 is 1.76 bits per heavy atom. The summed E-state index contributed by atoms with van der Waals surface area (Å²) in [7, 11) is 0. The predicted molar refractivity (Wildman–Crippen MR) is 88.2 cm³/mol. The van der Waals surface area contributed by atoms with Crippen molar-refractivity contribution < 1.29 is 4.39 Å². The van der Waals surface area contributed by atoms with Crippen LogP contribution in [0, 0.1) is 5.82 Å². The molecule has 0 bridgehead atoms. The second-order valence-corrected chi connectivity index (χ2v) is 6.43. The van der Waals surface area contributed by atoms with Crippen molar-refractivity contribution in [2.45, 2.75) is 25.8 Å². The Morgan fingerprint density at radius 1 is 1.05 bits per heavy atom. The Hall–Kier alpha value is -1.71. The number of hydrogen-bond acceptors (Lipinski definition) is 2. The summed E-state index contributed by atoms with van der Waals surface area (Å²) in [4.78, 5) is 1.11. The molecule has 2 N–H and O–H groups in total. The molecule has 108 valence electrons. The molecule has 3 rings (SSSR count). The molecule has 3 aromatic rings.